The number of carbonyl (C=O) groups excluding carboxylic acids is 2. The van der Waals surface area contributed by atoms with Gasteiger partial charge in [-0.05, 0) is 42.0 Å². The summed E-state index contributed by atoms with van der Waals surface area (Å²) < 4.78 is 34.1. The van der Waals surface area contributed by atoms with Crippen LogP contribution >= 0.6 is 0 Å². The van der Waals surface area contributed by atoms with Crippen molar-refractivity contribution < 1.29 is 32.9 Å². The van der Waals surface area contributed by atoms with E-state index in [-0.39, 0.29) is 28.8 Å². The number of esters is 2. The van der Waals surface area contributed by atoms with E-state index in [0.717, 1.165) is 0 Å². The number of aliphatic imine (C=N–C) groups is 1. The van der Waals surface area contributed by atoms with Gasteiger partial charge in [0.05, 0.1) is 14.2 Å². The fourth-order valence-electron chi connectivity index (χ4n) is 2.54. The van der Waals surface area contributed by atoms with Crippen LogP contribution in [0.25, 0.3) is 6.08 Å². The van der Waals surface area contributed by atoms with E-state index >= 15 is 0 Å². The van der Waals surface area contributed by atoms with Crippen LogP contribution in [0.3, 0.4) is 0 Å². The minimum absolute atomic E-state index is 0.00575. The van der Waals surface area contributed by atoms with Crippen molar-refractivity contribution in [3.63, 3.8) is 0 Å². The summed E-state index contributed by atoms with van der Waals surface area (Å²) in [5.74, 6) is -1.08. The van der Waals surface area contributed by atoms with Gasteiger partial charge >= 0.3 is 11.9 Å². The fraction of sp³-hybridized carbons (Fsp3) is 0.150. The molecule has 0 spiro atoms. The summed E-state index contributed by atoms with van der Waals surface area (Å²) in [6.07, 6.45) is 1.46. The Kier molecular flexibility index (Phi) is 5.39. The van der Waals surface area contributed by atoms with Crippen LogP contribution in [0.4, 0.5) is 4.39 Å². The van der Waals surface area contributed by atoms with Crippen LogP contribution in [0.15, 0.2) is 47.1 Å². The standard InChI is InChI=1S/C20H16FNO6/c1-11(23)27-18-16(25-2)8-12(9-17(18)26-3)7-15-20(24)28-19(22-15)13-5-4-6-14(21)10-13/h4-10H,1-3H3. The van der Waals surface area contributed by atoms with Crippen LogP contribution in [0, 0.1) is 5.82 Å². The molecule has 0 saturated carbocycles. The van der Waals surface area contributed by atoms with Crippen molar-refractivity contribution in [1.82, 2.24) is 0 Å². The number of cyclic esters (lactones) is 1. The van der Waals surface area contributed by atoms with Crippen molar-refractivity contribution in [2.75, 3.05) is 14.2 Å². The first-order chi connectivity index (χ1) is 13.4. The normalized spacial score (nSPS) is 14.5. The third kappa shape index (κ3) is 4.01. The Bertz CT molecular complexity index is 987. The van der Waals surface area contributed by atoms with E-state index in [1.165, 1.54) is 45.4 Å². The number of halogens is 1. The maximum Gasteiger partial charge on any atom is 0.363 e. The predicted octanol–water partition coefficient (Wildman–Crippen LogP) is 3.11. The second-order valence-electron chi connectivity index (χ2n) is 5.69. The molecule has 0 saturated heterocycles. The Morgan fingerprint density at radius 2 is 1.82 bits per heavy atom. The number of methoxy groups -OCH3 is 2. The zero-order chi connectivity index (χ0) is 20.3. The lowest BCUT2D eigenvalue weighted by atomic mass is 10.1. The zero-order valence-electron chi connectivity index (χ0n) is 15.3. The van der Waals surface area contributed by atoms with Gasteiger partial charge in [-0.25, -0.2) is 14.2 Å². The van der Waals surface area contributed by atoms with Gasteiger partial charge in [-0.2, -0.15) is 0 Å². The molecule has 0 N–H and O–H groups in total. The van der Waals surface area contributed by atoms with Gasteiger partial charge in [0.15, 0.2) is 17.2 Å². The van der Waals surface area contributed by atoms with Gasteiger partial charge in [-0.15, -0.1) is 0 Å². The van der Waals surface area contributed by atoms with Crippen molar-refractivity contribution in [2.24, 2.45) is 4.99 Å². The van der Waals surface area contributed by atoms with Gasteiger partial charge < -0.3 is 18.9 Å². The lowest BCUT2D eigenvalue weighted by Crippen LogP contribution is -2.06. The van der Waals surface area contributed by atoms with Crippen molar-refractivity contribution >= 4 is 23.9 Å². The van der Waals surface area contributed by atoms with Crippen LogP contribution in [0.5, 0.6) is 17.2 Å². The number of benzene rings is 2. The van der Waals surface area contributed by atoms with E-state index in [1.807, 2.05) is 0 Å². The summed E-state index contributed by atoms with van der Waals surface area (Å²) in [6, 6.07) is 8.67. The maximum atomic E-state index is 13.4. The molecule has 8 heteroatoms. The quantitative estimate of drug-likeness (QED) is 0.447. The van der Waals surface area contributed by atoms with Gasteiger partial charge in [0, 0.05) is 12.5 Å². The van der Waals surface area contributed by atoms with Crippen LogP contribution in [0.2, 0.25) is 0 Å². The Labute approximate surface area is 160 Å². The summed E-state index contributed by atoms with van der Waals surface area (Å²) in [5.41, 5.74) is 0.863. The second-order valence-corrected chi connectivity index (χ2v) is 5.69. The molecule has 28 heavy (non-hydrogen) atoms. The highest BCUT2D eigenvalue weighted by Gasteiger charge is 2.25. The molecule has 0 unspecified atom stereocenters. The third-order valence-electron chi connectivity index (χ3n) is 3.72. The van der Waals surface area contributed by atoms with Crippen LogP contribution < -0.4 is 14.2 Å². The molecule has 7 nitrogen and oxygen atoms in total. The van der Waals surface area contributed by atoms with E-state index < -0.39 is 17.8 Å². The first-order valence-corrected chi connectivity index (χ1v) is 8.14. The fourth-order valence-corrected chi connectivity index (χ4v) is 2.54. The van der Waals surface area contributed by atoms with Crippen molar-refractivity contribution in [2.45, 2.75) is 6.92 Å². The molecular formula is C20H16FNO6. The lowest BCUT2D eigenvalue weighted by molar-refractivity contribution is -0.132. The number of ether oxygens (including phenoxy) is 4. The molecule has 144 valence electrons. The predicted molar refractivity (Wildman–Crippen MR) is 97.9 cm³/mol. The first kappa shape index (κ1) is 19.1. The van der Waals surface area contributed by atoms with Crippen LogP contribution in [-0.2, 0) is 14.3 Å². The summed E-state index contributed by atoms with van der Waals surface area (Å²) in [5, 5.41) is 0. The number of nitrogens with zero attached hydrogens (tertiary/aromatic N) is 1. The lowest BCUT2D eigenvalue weighted by Gasteiger charge is -2.13. The van der Waals surface area contributed by atoms with Crippen LogP contribution in [-0.4, -0.2) is 32.1 Å². The Morgan fingerprint density at radius 3 is 2.39 bits per heavy atom. The summed E-state index contributed by atoms with van der Waals surface area (Å²) >= 11 is 0. The monoisotopic (exact) mass is 385 g/mol. The highest BCUT2D eigenvalue weighted by molar-refractivity contribution is 6.12. The molecule has 0 bridgehead atoms. The van der Waals surface area contributed by atoms with Gasteiger partial charge in [-0.1, -0.05) is 6.07 Å². The molecule has 2 aromatic rings. The SMILES string of the molecule is COc1cc(C=C2N=C(c3cccc(F)c3)OC2=O)cc(OC)c1OC(C)=O. The summed E-state index contributed by atoms with van der Waals surface area (Å²) in [4.78, 5) is 27.6. The first-order valence-electron chi connectivity index (χ1n) is 8.14. The molecule has 1 aliphatic rings. The Hall–Kier alpha value is -3.68. The van der Waals surface area contributed by atoms with Crippen molar-refractivity contribution in [3.8, 4) is 17.2 Å². The van der Waals surface area contributed by atoms with E-state index in [9.17, 15) is 14.0 Å². The molecule has 0 atom stereocenters. The van der Waals surface area contributed by atoms with Crippen LogP contribution in [0.1, 0.15) is 18.1 Å². The van der Waals surface area contributed by atoms with Gasteiger partial charge in [-0.3, -0.25) is 4.79 Å². The Balaban J connectivity index is 2.00. The van der Waals surface area contributed by atoms with Gasteiger partial charge in [0.1, 0.15) is 5.82 Å². The number of hydrogen-bond acceptors (Lipinski definition) is 7. The highest BCUT2D eigenvalue weighted by Crippen LogP contribution is 2.39. The topological polar surface area (TPSA) is 83.4 Å². The molecule has 0 aromatic heterocycles. The average Bonchev–Trinajstić information content (AvgIpc) is 3.02. The molecule has 0 radical (unpaired) electrons. The molecule has 3 rings (SSSR count). The van der Waals surface area contributed by atoms with E-state index in [2.05, 4.69) is 4.99 Å². The highest BCUT2D eigenvalue weighted by atomic mass is 19.1. The molecule has 0 amide bonds. The van der Waals surface area contributed by atoms with Crippen molar-refractivity contribution in [3.05, 3.63) is 59.0 Å². The van der Waals surface area contributed by atoms with Gasteiger partial charge in [0.2, 0.25) is 11.6 Å². The van der Waals surface area contributed by atoms with Crippen molar-refractivity contribution in [1.29, 1.82) is 0 Å². The average molecular weight is 385 g/mol. The second kappa shape index (κ2) is 7.91. The number of rotatable bonds is 5. The molecule has 1 aliphatic heterocycles. The number of hydrogen-bond donors (Lipinski definition) is 0. The molecule has 0 aliphatic carbocycles. The molecule has 0 fully saturated rings. The molecule has 1 heterocycles. The van der Waals surface area contributed by atoms with E-state index in [4.69, 9.17) is 18.9 Å². The third-order valence-corrected chi connectivity index (χ3v) is 3.72. The largest absolute Gasteiger partial charge is 0.493 e. The molecular weight excluding hydrogens is 369 g/mol. The summed E-state index contributed by atoms with van der Waals surface area (Å²) in [6.45, 7) is 1.26. The zero-order valence-corrected chi connectivity index (χ0v) is 15.3. The minimum Gasteiger partial charge on any atom is -0.493 e. The van der Waals surface area contributed by atoms with Gasteiger partial charge in [0.25, 0.3) is 0 Å². The minimum atomic E-state index is -0.679. The Morgan fingerprint density at radius 1 is 1.14 bits per heavy atom. The van der Waals surface area contributed by atoms with E-state index in [0.29, 0.717) is 11.1 Å². The number of carbonyl (C=O) groups is 2. The maximum absolute atomic E-state index is 13.4. The molecule has 2 aromatic carbocycles. The van der Waals surface area contributed by atoms with E-state index in [1.54, 1.807) is 18.2 Å². The summed E-state index contributed by atoms with van der Waals surface area (Å²) in [7, 11) is 2.81. The smallest absolute Gasteiger partial charge is 0.363 e.